The number of aromatic nitrogens is 2. The van der Waals surface area contributed by atoms with Crippen molar-refractivity contribution in [2.24, 2.45) is 7.05 Å². The quantitative estimate of drug-likeness (QED) is 0.781. The molecule has 2 rings (SSSR count). The SMILES string of the molecule is Cn1cc(Br)c(C(=O)c2ccccc2)n1. The largest absolute Gasteiger partial charge is 0.287 e. The smallest absolute Gasteiger partial charge is 0.214 e. The molecule has 0 bridgehead atoms. The molecule has 1 aromatic heterocycles. The van der Waals surface area contributed by atoms with Crippen molar-refractivity contribution in [3.8, 4) is 0 Å². The Balaban J connectivity index is 2.41. The van der Waals surface area contributed by atoms with Crippen LogP contribution in [0.1, 0.15) is 16.1 Å². The van der Waals surface area contributed by atoms with Crippen molar-refractivity contribution in [1.82, 2.24) is 9.78 Å². The zero-order chi connectivity index (χ0) is 10.8. The molecular formula is C11H9BrN2O. The van der Waals surface area contributed by atoms with Gasteiger partial charge in [-0.15, -0.1) is 0 Å². The summed E-state index contributed by atoms with van der Waals surface area (Å²) in [6.07, 6.45) is 1.76. The van der Waals surface area contributed by atoms with Crippen LogP contribution < -0.4 is 0 Å². The minimum atomic E-state index is -0.0666. The van der Waals surface area contributed by atoms with Crippen LogP contribution in [0.2, 0.25) is 0 Å². The van der Waals surface area contributed by atoms with Crippen molar-refractivity contribution < 1.29 is 4.79 Å². The molecule has 0 amide bonds. The monoisotopic (exact) mass is 264 g/mol. The fraction of sp³-hybridized carbons (Fsp3) is 0.0909. The normalized spacial score (nSPS) is 10.3. The molecule has 15 heavy (non-hydrogen) atoms. The van der Waals surface area contributed by atoms with Gasteiger partial charge in [0.2, 0.25) is 5.78 Å². The fourth-order valence-electron chi connectivity index (χ4n) is 1.34. The highest BCUT2D eigenvalue weighted by Gasteiger charge is 2.15. The molecule has 4 heteroatoms. The second-order valence-electron chi connectivity index (χ2n) is 3.19. The first-order valence-corrected chi connectivity index (χ1v) is 5.26. The highest BCUT2D eigenvalue weighted by atomic mass is 79.9. The molecule has 0 fully saturated rings. The van der Waals surface area contributed by atoms with Crippen LogP contribution in [0.4, 0.5) is 0 Å². The van der Waals surface area contributed by atoms with E-state index in [9.17, 15) is 4.79 Å². The number of benzene rings is 1. The van der Waals surface area contributed by atoms with Crippen LogP contribution in [0.25, 0.3) is 0 Å². The summed E-state index contributed by atoms with van der Waals surface area (Å²) in [4.78, 5) is 12.0. The van der Waals surface area contributed by atoms with Gasteiger partial charge in [-0.3, -0.25) is 9.48 Å². The number of rotatable bonds is 2. The highest BCUT2D eigenvalue weighted by Crippen LogP contribution is 2.17. The van der Waals surface area contributed by atoms with Crippen molar-refractivity contribution in [3.63, 3.8) is 0 Å². The number of aryl methyl sites for hydroxylation is 1. The van der Waals surface area contributed by atoms with Gasteiger partial charge < -0.3 is 0 Å². The first kappa shape index (κ1) is 10.1. The van der Waals surface area contributed by atoms with E-state index in [1.54, 1.807) is 30.1 Å². The molecular weight excluding hydrogens is 256 g/mol. The van der Waals surface area contributed by atoms with E-state index in [2.05, 4.69) is 21.0 Å². The Hall–Kier alpha value is -1.42. The lowest BCUT2D eigenvalue weighted by atomic mass is 10.1. The Labute approximate surface area is 95.9 Å². The molecule has 0 aliphatic heterocycles. The van der Waals surface area contributed by atoms with Crippen LogP contribution in [0.5, 0.6) is 0 Å². The zero-order valence-electron chi connectivity index (χ0n) is 8.14. The van der Waals surface area contributed by atoms with Crippen molar-refractivity contribution in [1.29, 1.82) is 0 Å². The van der Waals surface area contributed by atoms with Gasteiger partial charge in [0.1, 0.15) is 5.69 Å². The molecule has 0 aliphatic rings. The maximum Gasteiger partial charge on any atom is 0.214 e. The highest BCUT2D eigenvalue weighted by molar-refractivity contribution is 9.10. The average Bonchev–Trinajstić information content (AvgIpc) is 2.58. The third-order valence-electron chi connectivity index (χ3n) is 2.04. The molecule has 1 heterocycles. The number of hydrogen-bond donors (Lipinski definition) is 0. The molecule has 76 valence electrons. The Morgan fingerprint density at radius 2 is 2.00 bits per heavy atom. The third-order valence-corrected chi connectivity index (χ3v) is 2.62. The lowest BCUT2D eigenvalue weighted by molar-refractivity contribution is 0.103. The minimum Gasteiger partial charge on any atom is -0.287 e. The van der Waals surface area contributed by atoms with E-state index >= 15 is 0 Å². The number of halogens is 1. The summed E-state index contributed by atoms with van der Waals surface area (Å²) >= 11 is 3.31. The number of carbonyl (C=O) groups is 1. The summed E-state index contributed by atoms with van der Waals surface area (Å²) in [6, 6.07) is 9.12. The summed E-state index contributed by atoms with van der Waals surface area (Å²) in [5.41, 5.74) is 1.10. The van der Waals surface area contributed by atoms with E-state index in [1.807, 2.05) is 18.2 Å². The molecule has 1 aromatic carbocycles. The van der Waals surface area contributed by atoms with Gasteiger partial charge in [-0.1, -0.05) is 30.3 Å². The maximum absolute atomic E-state index is 12.0. The van der Waals surface area contributed by atoms with E-state index in [0.29, 0.717) is 11.3 Å². The first-order chi connectivity index (χ1) is 7.18. The van der Waals surface area contributed by atoms with Gasteiger partial charge >= 0.3 is 0 Å². The zero-order valence-corrected chi connectivity index (χ0v) is 9.73. The van der Waals surface area contributed by atoms with Gasteiger partial charge in [-0.25, -0.2) is 0 Å². The van der Waals surface area contributed by atoms with Gasteiger partial charge in [0.25, 0.3) is 0 Å². The van der Waals surface area contributed by atoms with Gasteiger partial charge in [-0.2, -0.15) is 5.10 Å². The van der Waals surface area contributed by atoms with Crippen LogP contribution in [0.3, 0.4) is 0 Å². The molecule has 3 nitrogen and oxygen atoms in total. The Kier molecular flexibility index (Phi) is 2.68. The van der Waals surface area contributed by atoms with Crippen molar-refractivity contribution >= 4 is 21.7 Å². The molecule has 2 aromatic rings. The topological polar surface area (TPSA) is 34.9 Å². The summed E-state index contributed by atoms with van der Waals surface area (Å²) < 4.78 is 2.33. The second kappa shape index (κ2) is 3.98. The summed E-state index contributed by atoms with van der Waals surface area (Å²) in [7, 11) is 1.78. The van der Waals surface area contributed by atoms with Gasteiger partial charge in [0, 0.05) is 18.8 Å². The minimum absolute atomic E-state index is 0.0666. The second-order valence-corrected chi connectivity index (χ2v) is 4.05. The van der Waals surface area contributed by atoms with Crippen LogP contribution in [-0.2, 0) is 7.05 Å². The molecule has 0 atom stereocenters. The average molecular weight is 265 g/mol. The maximum atomic E-state index is 12.0. The Morgan fingerprint density at radius 1 is 1.33 bits per heavy atom. The molecule has 0 saturated carbocycles. The fourth-order valence-corrected chi connectivity index (χ4v) is 1.90. The van der Waals surface area contributed by atoms with E-state index in [-0.39, 0.29) is 5.78 Å². The van der Waals surface area contributed by atoms with Crippen molar-refractivity contribution in [2.75, 3.05) is 0 Å². The molecule has 0 aliphatic carbocycles. The lowest BCUT2D eigenvalue weighted by Crippen LogP contribution is -2.03. The molecule has 0 saturated heterocycles. The van der Waals surface area contributed by atoms with Gasteiger partial charge in [-0.05, 0) is 15.9 Å². The molecule has 0 unspecified atom stereocenters. The molecule has 0 radical (unpaired) electrons. The predicted octanol–water partition coefficient (Wildman–Crippen LogP) is 2.41. The van der Waals surface area contributed by atoms with Crippen molar-refractivity contribution in [3.05, 3.63) is 52.3 Å². The number of hydrogen-bond acceptors (Lipinski definition) is 2. The van der Waals surface area contributed by atoms with E-state index in [4.69, 9.17) is 0 Å². The van der Waals surface area contributed by atoms with Gasteiger partial charge in [0.15, 0.2) is 0 Å². The Morgan fingerprint density at radius 3 is 2.53 bits per heavy atom. The predicted molar refractivity (Wildman–Crippen MR) is 60.8 cm³/mol. The Bertz CT molecular complexity index is 491. The van der Waals surface area contributed by atoms with Crippen LogP contribution >= 0.6 is 15.9 Å². The molecule has 0 spiro atoms. The summed E-state index contributed by atoms with van der Waals surface area (Å²) in [6.45, 7) is 0. The van der Waals surface area contributed by atoms with E-state index < -0.39 is 0 Å². The number of carbonyl (C=O) groups excluding carboxylic acids is 1. The standard InChI is InChI=1S/C11H9BrN2O/c1-14-7-9(12)10(13-14)11(15)8-5-3-2-4-6-8/h2-7H,1H3. The number of nitrogens with zero attached hydrogens (tertiary/aromatic N) is 2. The van der Waals surface area contributed by atoms with Crippen LogP contribution in [0.15, 0.2) is 41.0 Å². The van der Waals surface area contributed by atoms with Gasteiger partial charge in [0.05, 0.1) is 4.47 Å². The third kappa shape index (κ3) is 1.99. The summed E-state index contributed by atoms with van der Waals surface area (Å²) in [5, 5.41) is 4.11. The number of ketones is 1. The van der Waals surface area contributed by atoms with E-state index in [1.165, 1.54) is 0 Å². The van der Waals surface area contributed by atoms with E-state index in [0.717, 1.165) is 4.47 Å². The first-order valence-electron chi connectivity index (χ1n) is 4.47. The van der Waals surface area contributed by atoms with Crippen LogP contribution in [-0.4, -0.2) is 15.6 Å². The van der Waals surface area contributed by atoms with Crippen LogP contribution in [0, 0.1) is 0 Å². The van der Waals surface area contributed by atoms with Crippen molar-refractivity contribution in [2.45, 2.75) is 0 Å². The molecule has 0 N–H and O–H groups in total. The lowest BCUT2D eigenvalue weighted by Gasteiger charge is -1.96. The summed E-state index contributed by atoms with van der Waals surface area (Å²) in [5.74, 6) is -0.0666.